The van der Waals surface area contributed by atoms with Crippen molar-refractivity contribution in [1.82, 2.24) is 0 Å². The molecule has 0 bridgehead atoms. The number of anilines is 6. The fourth-order valence-electron chi connectivity index (χ4n) is 18.9. The van der Waals surface area contributed by atoms with E-state index >= 15 is 0 Å². The predicted octanol–water partition coefficient (Wildman–Crippen LogP) is 29.7. The van der Waals surface area contributed by atoms with Crippen LogP contribution in [0.4, 0.5) is 34.1 Å². The predicted molar refractivity (Wildman–Crippen MR) is 462 cm³/mol. The lowest BCUT2D eigenvalue weighted by Gasteiger charge is -2.32. The number of aryl methyl sites for hydroxylation is 4. The summed E-state index contributed by atoms with van der Waals surface area (Å²) in [4.78, 5) is 5.06. The Balaban J connectivity index is 0.705. The van der Waals surface area contributed by atoms with Crippen molar-refractivity contribution in [3.05, 3.63) is 384 Å². The second-order valence-corrected chi connectivity index (χ2v) is 31.3. The highest BCUT2D eigenvalue weighted by atomic mass is 15.2. The molecule has 0 radical (unpaired) electrons. The molecule has 18 aromatic carbocycles. The molecule has 0 atom stereocenters. The average molecular weight is 1380 g/mol. The van der Waals surface area contributed by atoms with Crippen LogP contribution in [0.1, 0.15) is 72.2 Å². The number of hydrogen-bond donors (Lipinski definition) is 0. The van der Waals surface area contributed by atoms with Gasteiger partial charge in [-0.05, 0) is 276 Å². The molecule has 2 heteroatoms. The third-order valence-electron chi connectivity index (χ3n) is 24.3. The zero-order valence-electron chi connectivity index (χ0n) is 62.2. The number of fused-ring (bicyclic) bond motifs is 18. The van der Waals surface area contributed by atoms with E-state index in [0.717, 1.165) is 45.3 Å². The van der Waals surface area contributed by atoms with Crippen molar-refractivity contribution in [3.8, 4) is 77.9 Å². The van der Waals surface area contributed by atoms with Gasteiger partial charge >= 0.3 is 0 Å². The lowest BCUT2D eigenvalue weighted by molar-refractivity contribution is 0.660. The van der Waals surface area contributed by atoms with E-state index in [9.17, 15) is 0 Å². The van der Waals surface area contributed by atoms with E-state index in [1.165, 1.54) is 176 Å². The molecular formula is C106H80N2. The van der Waals surface area contributed by atoms with Gasteiger partial charge in [-0.2, -0.15) is 0 Å². The molecule has 0 unspecified atom stereocenters. The van der Waals surface area contributed by atoms with Gasteiger partial charge in [0.05, 0.1) is 11.4 Å². The van der Waals surface area contributed by atoms with Gasteiger partial charge in [0.1, 0.15) is 0 Å². The molecule has 0 fully saturated rings. The first kappa shape index (κ1) is 64.7. The summed E-state index contributed by atoms with van der Waals surface area (Å²) in [5.41, 5.74) is 33.8. The summed E-state index contributed by atoms with van der Waals surface area (Å²) >= 11 is 0. The molecule has 2 aliphatic carbocycles. The number of rotatable bonds is 11. The van der Waals surface area contributed by atoms with Crippen molar-refractivity contribution >= 4 is 98.8 Å². The Kier molecular flexibility index (Phi) is 14.9. The Morgan fingerprint density at radius 3 is 0.824 bits per heavy atom. The molecule has 18 aromatic rings. The Hall–Kier alpha value is -12.9. The first-order valence-corrected chi connectivity index (χ1v) is 38.1. The summed E-state index contributed by atoms with van der Waals surface area (Å²) in [6.45, 7) is 18.7. The highest BCUT2D eigenvalue weighted by Crippen LogP contribution is 2.55. The molecule has 2 nitrogen and oxygen atoms in total. The van der Waals surface area contributed by atoms with Crippen LogP contribution >= 0.6 is 0 Å². The molecule has 0 spiro atoms. The van der Waals surface area contributed by atoms with Crippen LogP contribution in [0.3, 0.4) is 0 Å². The first-order valence-electron chi connectivity index (χ1n) is 38.1. The standard InChI is InChI=1S/C106H80N2/c1-65-23-21-35-79(75-45-55-93-91-33-17-19-37-97(91)105(5,6)99(93)63-75)103(65)107(77-49-39-69(40-50-77)73-43-53-89-85-29-11-9-25-81(85)83-27-13-15-31-87(83)95(89)61-73)101-57-47-71(59-67(101)3)72-48-58-102(68(4)60-72)108(104-66(2)24-22-36-80(104)76-46-56-94-92-34-18-20-38-98(92)106(7,8)100(94)64-76)78-51-41-70(42-52-78)74-44-54-90-86-30-12-10-26-82(86)84-28-14-16-32-88(84)96(90)62-74/h9-64H,1-8H3. The van der Waals surface area contributed by atoms with E-state index < -0.39 is 0 Å². The minimum Gasteiger partial charge on any atom is -0.309 e. The summed E-state index contributed by atoms with van der Waals surface area (Å²) < 4.78 is 0. The SMILES string of the molecule is Cc1cc(-c2ccc(N(c3ccc(-c4ccc5c6ccccc6c6ccccc6c5c4)cc3)c3c(C)cccc3-c3ccc4c(c3)C(C)(C)c3ccccc3-4)c(C)c2)ccc1N(c1ccc(-c2ccc3c4ccccc4c4ccccc4c3c2)cc1)c1c(C)cccc1-c1ccc2c(c1)C(C)(C)c1ccccc1-2. The number of para-hydroxylation sites is 2. The van der Waals surface area contributed by atoms with Crippen molar-refractivity contribution in [2.45, 2.75) is 66.2 Å². The Morgan fingerprint density at radius 2 is 0.463 bits per heavy atom. The minimum absolute atomic E-state index is 0.152. The number of hydrogen-bond acceptors (Lipinski definition) is 2. The molecule has 0 saturated heterocycles. The fraction of sp³-hybridized carbons (Fsp3) is 0.0943. The lowest BCUT2D eigenvalue weighted by Crippen LogP contribution is -2.16. The maximum atomic E-state index is 2.53. The van der Waals surface area contributed by atoms with Gasteiger partial charge in [0.15, 0.2) is 0 Å². The number of benzene rings is 18. The van der Waals surface area contributed by atoms with Crippen LogP contribution < -0.4 is 9.80 Å². The largest absolute Gasteiger partial charge is 0.309 e. The topological polar surface area (TPSA) is 6.48 Å². The highest BCUT2D eigenvalue weighted by Gasteiger charge is 2.38. The van der Waals surface area contributed by atoms with Gasteiger partial charge in [-0.1, -0.05) is 295 Å². The first-order chi connectivity index (χ1) is 52.7. The molecule has 0 amide bonds. The summed E-state index contributed by atoms with van der Waals surface area (Å²) in [7, 11) is 0. The summed E-state index contributed by atoms with van der Waals surface area (Å²) in [5.74, 6) is 0. The van der Waals surface area contributed by atoms with Crippen molar-refractivity contribution in [2.24, 2.45) is 0 Å². The molecule has 20 rings (SSSR count). The molecule has 0 N–H and O–H groups in total. The Bertz CT molecular complexity index is 6300. The molecule has 2 aliphatic rings. The van der Waals surface area contributed by atoms with Crippen LogP contribution in [0.25, 0.3) is 143 Å². The van der Waals surface area contributed by atoms with Gasteiger partial charge in [-0.25, -0.2) is 0 Å². The smallest absolute Gasteiger partial charge is 0.0569 e. The molecule has 0 saturated carbocycles. The molecular weight excluding hydrogens is 1300 g/mol. The van der Waals surface area contributed by atoms with E-state index in [2.05, 4.69) is 405 Å². The van der Waals surface area contributed by atoms with Gasteiger partial charge in [0, 0.05) is 44.7 Å². The average Bonchev–Trinajstić information content (AvgIpc) is 1.06. The molecule has 0 aliphatic heterocycles. The molecule has 514 valence electrons. The Morgan fingerprint density at radius 1 is 0.185 bits per heavy atom. The minimum atomic E-state index is -0.152. The van der Waals surface area contributed by atoms with Crippen LogP contribution in [0.5, 0.6) is 0 Å². The number of nitrogens with zero attached hydrogens (tertiary/aromatic N) is 2. The summed E-state index contributed by atoms with van der Waals surface area (Å²) in [5, 5.41) is 15.3. The lowest BCUT2D eigenvalue weighted by atomic mass is 9.81. The molecule has 0 heterocycles. The Labute approximate surface area is 632 Å². The summed E-state index contributed by atoms with van der Waals surface area (Å²) in [6.07, 6.45) is 0. The second kappa shape index (κ2) is 24.9. The van der Waals surface area contributed by atoms with E-state index in [0.29, 0.717) is 0 Å². The van der Waals surface area contributed by atoms with Gasteiger partial charge in [-0.3, -0.25) is 0 Å². The maximum Gasteiger partial charge on any atom is 0.0569 e. The van der Waals surface area contributed by atoms with Crippen molar-refractivity contribution in [3.63, 3.8) is 0 Å². The fourth-order valence-corrected chi connectivity index (χ4v) is 18.9. The zero-order valence-corrected chi connectivity index (χ0v) is 62.2. The van der Waals surface area contributed by atoms with Crippen LogP contribution in [-0.2, 0) is 10.8 Å². The highest BCUT2D eigenvalue weighted by molar-refractivity contribution is 6.27. The van der Waals surface area contributed by atoms with Crippen molar-refractivity contribution < 1.29 is 0 Å². The summed E-state index contributed by atoms with van der Waals surface area (Å²) in [6, 6.07) is 128. The van der Waals surface area contributed by atoms with Crippen molar-refractivity contribution in [1.29, 1.82) is 0 Å². The normalized spacial score (nSPS) is 13.1. The quantitative estimate of drug-likeness (QED) is 0.119. The van der Waals surface area contributed by atoms with Crippen LogP contribution in [-0.4, -0.2) is 0 Å². The molecule has 0 aromatic heterocycles. The van der Waals surface area contributed by atoms with Crippen molar-refractivity contribution in [2.75, 3.05) is 9.80 Å². The van der Waals surface area contributed by atoms with E-state index in [4.69, 9.17) is 0 Å². The van der Waals surface area contributed by atoms with Gasteiger partial charge in [-0.15, -0.1) is 0 Å². The van der Waals surface area contributed by atoms with Crippen LogP contribution in [0, 0.1) is 27.7 Å². The second-order valence-electron chi connectivity index (χ2n) is 31.3. The van der Waals surface area contributed by atoms with E-state index in [1.807, 2.05) is 0 Å². The van der Waals surface area contributed by atoms with Crippen LogP contribution in [0.2, 0.25) is 0 Å². The third-order valence-corrected chi connectivity index (χ3v) is 24.3. The monoisotopic (exact) mass is 1380 g/mol. The van der Waals surface area contributed by atoms with Gasteiger partial charge in [0.2, 0.25) is 0 Å². The van der Waals surface area contributed by atoms with Gasteiger partial charge < -0.3 is 9.80 Å². The van der Waals surface area contributed by atoms with E-state index in [1.54, 1.807) is 0 Å². The zero-order chi connectivity index (χ0) is 72.8. The third kappa shape index (κ3) is 10.1. The van der Waals surface area contributed by atoms with Gasteiger partial charge in [0.25, 0.3) is 0 Å². The molecule has 108 heavy (non-hydrogen) atoms. The maximum absolute atomic E-state index is 2.53. The van der Waals surface area contributed by atoms with Crippen LogP contribution in [0.15, 0.2) is 340 Å². The van der Waals surface area contributed by atoms with E-state index in [-0.39, 0.29) is 10.8 Å².